The van der Waals surface area contributed by atoms with Crippen LogP contribution in [0, 0.1) is 6.92 Å². The van der Waals surface area contributed by atoms with Crippen LogP contribution in [0.2, 0.25) is 5.02 Å². The largest absolute Gasteiger partial charge is 0.493 e. The second-order valence-electron chi connectivity index (χ2n) is 7.67. The summed E-state index contributed by atoms with van der Waals surface area (Å²) in [6.07, 6.45) is 0.594. The molecule has 10 heteroatoms. The molecular weight excluding hydrogens is 490 g/mol. The Hall–Kier alpha value is -3.56. The van der Waals surface area contributed by atoms with Crippen LogP contribution >= 0.6 is 22.9 Å². The van der Waals surface area contributed by atoms with Crippen molar-refractivity contribution < 1.29 is 23.8 Å². The van der Waals surface area contributed by atoms with Crippen LogP contribution in [0.4, 0.5) is 0 Å². The Morgan fingerprint density at radius 2 is 1.80 bits per heavy atom. The number of ether oxygens (including phenoxy) is 3. The fourth-order valence-electron chi connectivity index (χ4n) is 3.54. The number of nitrogens with zero attached hydrogens (tertiary/aromatic N) is 2. The Morgan fingerprint density at radius 1 is 1.06 bits per heavy atom. The molecule has 1 amide bonds. The monoisotopic (exact) mass is 513 g/mol. The normalized spacial score (nSPS) is 10.9. The number of carbonyl (C=O) groups excluding carboxylic acids is 2. The lowest BCUT2D eigenvalue weighted by Crippen LogP contribution is -2.30. The molecule has 4 aromatic rings. The van der Waals surface area contributed by atoms with Gasteiger partial charge < -0.3 is 19.5 Å². The van der Waals surface area contributed by atoms with E-state index in [-0.39, 0.29) is 12.5 Å². The molecule has 2 heterocycles. The zero-order valence-electron chi connectivity index (χ0n) is 19.5. The first-order valence-corrected chi connectivity index (χ1v) is 12.0. The minimum Gasteiger partial charge on any atom is -0.493 e. The molecule has 0 atom stereocenters. The van der Waals surface area contributed by atoms with Crippen LogP contribution < -0.4 is 14.8 Å². The van der Waals surface area contributed by atoms with Gasteiger partial charge in [0.15, 0.2) is 18.1 Å². The predicted molar refractivity (Wildman–Crippen MR) is 135 cm³/mol. The Bertz CT molecular complexity index is 1360. The number of aryl methyl sites for hydroxylation is 1. The van der Waals surface area contributed by atoms with Gasteiger partial charge in [0.05, 0.1) is 25.6 Å². The number of esters is 1. The van der Waals surface area contributed by atoms with Crippen LogP contribution in [-0.2, 0) is 16.0 Å². The van der Waals surface area contributed by atoms with Gasteiger partial charge in [0.25, 0.3) is 5.91 Å². The van der Waals surface area contributed by atoms with Crippen LogP contribution in [0.25, 0.3) is 15.9 Å². The van der Waals surface area contributed by atoms with Gasteiger partial charge in [-0.05, 0) is 61.4 Å². The molecule has 0 radical (unpaired) electrons. The van der Waals surface area contributed by atoms with Crippen molar-refractivity contribution in [3.8, 4) is 17.2 Å². The Kier molecular flexibility index (Phi) is 7.57. The highest BCUT2D eigenvalue weighted by molar-refractivity contribution is 7.20. The molecule has 0 saturated carbocycles. The van der Waals surface area contributed by atoms with Crippen molar-refractivity contribution in [1.29, 1.82) is 0 Å². The Morgan fingerprint density at radius 3 is 2.51 bits per heavy atom. The number of carbonyl (C=O) groups is 2. The summed E-state index contributed by atoms with van der Waals surface area (Å²) in [5.41, 5.74) is 2.61. The topological polar surface area (TPSA) is 91.7 Å². The molecule has 1 N–H and O–H groups in total. The number of nitrogens with one attached hydrogen (secondary N) is 1. The molecule has 0 fully saturated rings. The van der Waals surface area contributed by atoms with E-state index in [1.54, 1.807) is 37.1 Å². The molecule has 182 valence electrons. The van der Waals surface area contributed by atoms with Crippen molar-refractivity contribution in [2.75, 3.05) is 27.4 Å². The molecule has 0 aliphatic rings. The van der Waals surface area contributed by atoms with E-state index < -0.39 is 5.97 Å². The number of fused-ring (bicyclic) bond motifs is 1. The molecule has 8 nitrogen and oxygen atoms in total. The quantitative estimate of drug-likeness (QED) is 0.329. The summed E-state index contributed by atoms with van der Waals surface area (Å²) < 4.78 is 17.5. The number of rotatable bonds is 9. The van der Waals surface area contributed by atoms with Gasteiger partial charge in [0, 0.05) is 17.0 Å². The molecule has 0 spiro atoms. The van der Waals surface area contributed by atoms with E-state index in [1.165, 1.54) is 11.3 Å². The molecule has 2 aromatic carbocycles. The molecule has 0 aliphatic heterocycles. The number of thiophene rings is 1. The molecule has 0 aliphatic carbocycles. The van der Waals surface area contributed by atoms with Gasteiger partial charge in [-0.15, -0.1) is 11.3 Å². The van der Waals surface area contributed by atoms with E-state index in [9.17, 15) is 9.59 Å². The van der Waals surface area contributed by atoms with Gasteiger partial charge in [-0.25, -0.2) is 9.48 Å². The van der Waals surface area contributed by atoms with Crippen LogP contribution in [0.5, 0.6) is 11.5 Å². The SMILES string of the molecule is COc1ccc(CCNC(=O)COC(=O)c2cc3c(C)nn(-c4ccc(Cl)cc4)c3s2)cc1OC. The minimum atomic E-state index is -0.553. The average molecular weight is 514 g/mol. The zero-order chi connectivity index (χ0) is 24.9. The lowest BCUT2D eigenvalue weighted by molar-refractivity contribution is -0.124. The van der Waals surface area contributed by atoms with Crippen molar-refractivity contribution in [3.63, 3.8) is 0 Å². The molecule has 0 saturated heterocycles. The second-order valence-corrected chi connectivity index (χ2v) is 9.14. The second kappa shape index (κ2) is 10.8. The molecular formula is C25H24ClN3O5S. The maximum absolute atomic E-state index is 12.6. The molecule has 2 aromatic heterocycles. The van der Waals surface area contributed by atoms with Crippen molar-refractivity contribution in [2.45, 2.75) is 13.3 Å². The smallest absolute Gasteiger partial charge is 0.348 e. The van der Waals surface area contributed by atoms with Gasteiger partial charge in [0.1, 0.15) is 9.71 Å². The summed E-state index contributed by atoms with van der Waals surface area (Å²) in [4.78, 5) is 26.0. The lowest BCUT2D eigenvalue weighted by atomic mass is 10.1. The Balaban J connectivity index is 1.33. The molecule has 35 heavy (non-hydrogen) atoms. The van der Waals surface area contributed by atoms with E-state index >= 15 is 0 Å². The number of halogens is 1. The van der Waals surface area contributed by atoms with E-state index in [4.69, 9.17) is 25.8 Å². The van der Waals surface area contributed by atoms with E-state index in [0.29, 0.717) is 34.4 Å². The van der Waals surface area contributed by atoms with Crippen LogP contribution in [-0.4, -0.2) is 49.0 Å². The van der Waals surface area contributed by atoms with Gasteiger partial charge in [0.2, 0.25) is 0 Å². The number of amides is 1. The highest BCUT2D eigenvalue weighted by Crippen LogP contribution is 2.31. The van der Waals surface area contributed by atoms with E-state index in [0.717, 1.165) is 27.2 Å². The van der Waals surface area contributed by atoms with Crippen LogP contribution in [0.3, 0.4) is 0 Å². The standard InChI is InChI=1S/C25H24ClN3O5S/c1-15-19-13-22(35-24(19)29(28-15)18-7-5-17(26)6-8-18)25(31)34-14-23(30)27-11-10-16-4-9-20(32-2)21(12-16)33-3/h4-9,12-13H,10-11,14H2,1-3H3,(H,27,30). The van der Waals surface area contributed by atoms with Crippen molar-refractivity contribution in [1.82, 2.24) is 15.1 Å². The third kappa shape index (κ3) is 5.58. The number of methoxy groups -OCH3 is 2. The van der Waals surface area contributed by atoms with Crippen LogP contribution in [0.15, 0.2) is 48.5 Å². The first-order valence-electron chi connectivity index (χ1n) is 10.8. The maximum Gasteiger partial charge on any atom is 0.348 e. The molecule has 0 unspecified atom stereocenters. The van der Waals surface area contributed by atoms with Crippen LogP contribution in [0.1, 0.15) is 20.9 Å². The first kappa shape index (κ1) is 24.6. The van der Waals surface area contributed by atoms with Gasteiger partial charge in [-0.1, -0.05) is 17.7 Å². The van der Waals surface area contributed by atoms with Crippen molar-refractivity contribution in [3.05, 3.63) is 69.7 Å². The zero-order valence-corrected chi connectivity index (χ0v) is 21.0. The van der Waals surface area contributed by atoms with Gasteiger partial charge >= 0.3 is 5.97 Å². The number of aromatic nitrogens is 2. The number of benzene rings is 2. The first-order chi connectivity index (χ1) is 16.9. The van der Waals surface area contributed by atoms with Crippen molar-refractivity contribution in [2.24, 2.45) is 0 Å². The summed E-state index contributed by atoms with van der Waals surface area (Å²) >= 11 is 7.25. The summed E-state index contributed by atoms with van der Waals surface area (Å²) in [7, 11) is 3.15. The highest BCUT2D eigenvalue weighted by Gasteiger charge is 2.19. The third-order valence-corrected chi connectivity index (χ3v) is 6.68. The van der Waals surface area contributed by atoms with Gasteiger partial charge in [-0.3, -0.25) is 4.79 Å². The fourth-order valence-corrected chi connectivity index (χ4v) is 4.74. The maximum atomic E-state index is 12.6. The Labute approximate surface area is 211 Å². The van der Waals surface area contributed by atoms with E-state index in [2.05, 4.69) is 10.4 Å². The van der Waals surface area contributed by atoms with Gasteiger partial charge in [-0.2, -0.15) is 5.10 Å². The average Bonchev–Trinajstić information content (AvgIpc) is 3.43. The summed E-state index contributed by atoms with van der Waals surface area (Å²) in [5, 5.41) is 8.81. The molecule has 4 rings (SSSR count). The summed E-state index contributed by atoms with van der Waals surface area (Å²) in [6, 6.07) is 14.6. The predicted octanol–water partition coefficient (Wildman–Crippen LogP) is 4.58. The highest BCUT2D eigenvalue weighted by atomic mass is 35.5. The fraction of sp³-hybridized carbons (Fsp3) is 0.240. The van der Waals surface area contributed by atoms with E-state index in [1.807, 2.05) is 37.3 Å². The minimum absolute atomic E-state index is 0.360. The number of hydrogen-bond donors (Lipinski definition) is 1. The third-order valence-electron chi connectivity index (χ3n) is 5.34. The van der Waals surface area contributed by atoms with Crippen molar-refractivity contribution >= 4 is 45.0 Å². The summed E-state index contributed by atoms with van der Waals surface area (Å²) in [5.74, 6) is 0.347. The summed E-state index contributed by atoms with van der Waals surface area (Å²) in [6.45, 7) is 1.91. The lowest BCUT2D eigenvalue weighted by Gasteiger charge is -2.10. The number of hydrogen-bond acceptors (Lipinski definition) is 7. The molecule has 0 bridgehead atoms.